The van der Waals surface area contributed by atoms with Crippen molar-refractivity contribution in [1.29, 1.82) is 0 Å². The third-order valence-corrected chi connectivity index (χ3v) is 1.67. The van der Waals surface area contributed by atoms with Gasteiger partial charge < -0.3 is 11.6 Å². The molecule has 1 aromatic heterocycles. The van der Waals surface area contributed by atoms with Crippen LogP contribution in [0.5, 0.6) is 0 Å². The maximum absolute atomic E-state index is 5.49. The van der Waals surface area contributed by atoms with Gasteiger partial charge in [0, 0.05) is 6.42 Å². The summed E-state index contributed by atoms with van der Waals surface area (Å²) in [6.45, 7) is 0. The molecule has 4 N–H and O–H groups in total. The minimum Gasteiger partial charge on any atom is -0.366 e. The number of aryl methyl sites for hydroxylation is 1. The number of rotatable bonds is 3. The second kappa shape index (κ2) is 3.47. The van der Waals surface area contributed by atoms with E-state index < -0.39 is 0 Å². The number of nitrogens with two attached hydrogens (primary N) is 2. The van der Waals surface area contributed by atoms with E-state index in [1.165, 1.54) is 4.68 Å². The summed E-state index contributed by atoms with van der Waals surface area (Å²) >= 11 is 4.06. The molecule has 0 aromatic carbocycles. The Kier molecular flexibility index (Phi) is 2.58. The maximum Gasteiger partial charge on any atom is 0.240 e. The molecule has 0 unspecified atom stereocenters. The smallest absolute Gasteiger partial charge is 0.240 e. The average molecular weight is 173 g/mol. The summed E-state index contributed by atoms with van der Waals surface area (Å²) in [7, 11) is 0. The molecule has 6 heteroatoms. The standard InChI is InChI=1S/C5H11N5S/c6-5-9-8-4(10(5)7)2-1-3-11/h11H,1-3,7H2,(H2,6,9). The van der Waals surface area contributed by atoms with Crippen molar-refractivity contribution >= 4 is 18.6 Å². The molecule has 0 spiro atoms. The van der Waals surface area contributed by atoms with Crippen LogP contribution in [0.2, 0.25) is 0 Å². The third kappa shape index (κ3) is 1.76. The SMILES string of the molecule is Nc1nnc(CCCS)n1N. The van der Waals surface area contributed by atoms with Crippen molar-refractivity contribution in [2.45, 2.75) is 12.8 Å². The highest BCUT2D eigenvalue weighted by molar-refractivity contribution is 7.80. The fraction of sp³-hybridized carbons (Fsp3) is 0.600. The van der Waals surface area contributed by atoms with E-state index in [0.717, 1.165) is 18.6 Å². The molecular weight excluding hydrogens is 162 g/mol. The van der Waals surface area contributed by atoms with Gasteiger partial charge in [0.15, 0.2) is 5.82 Å². The van der Waals surface area contributed by atoms with Gasteiger partial charge in [-0.1, -0.05) is 0 Å². The molecule has 5 nitrogen and oxygen atoms in total. The van der Waals surface area contributed by atoms with Gasteiger partial charge >= 0.3 is 0 Å². The first-order chi connectivity index (χ1) is 5.25. The molecule has 0 aliphatic carbocycles. The number of nitrogen functional groups attached to an aromatic ring is 2. The van der Waals surface area contributed by atoms with Gasteiger partial charge in [0.25, 0.3) is 0 Å². The van der Waals surface area contributed by atoms with Crippen molar-refractivity contribution in [1.82, 2.24) is 14.9 Å². The second-order valence-electron chi connectivity index (χ2n) is 2.17. The van der Waals surface area contributed by atoms with E-state index in [2.05, 4.69) is 22.8 Å². The van der Waals surface area contributed by atoms with Crippen LogP contribution in [0.1, 0.15) is 12.2 Å². The summed E-state index contributed by atoms with van der Waals surface area (Å²) in [6.07, 6.45) is 1.70. The molecule has 0 aliphatic rings. The van der Waals surface area contributed by atoms with Crippen molar-refractivity contribution in [2.24, 2.45) is 0 Å². The first kappa shape index (κ1) is 8.19. The summed E-state index contributed by atoms with van der Waals surface area (Å²) < 4.78 is 1.30. The zero-order valence-corrected chi connectivity index (χ0v) is 6.96. The molecule has 0 radical (unpaired) electrons. The van der Waals surface area contributed by atoms with Crippen LogP contribution in [0.4, 0.5) is 5.95 Å². The Morgan fingerprint density at radius 2 is 2.18 bits per heavy atom. The Balaban J connectivity index is 2.63. The molecule has 0 bridgehead atoms. The molecular formula is C5H11N5S. The highest BCUT2D eigenvalue weighted by Crippen LogP contribution is 2.01. The third-order valence-electron chi connectivity index (χ3n) is 1.35. The number of hydrogen-bond donors (Lipinski definition) is 3. The summed E-state index contributed by atoms with van der Waals surface area (Å²) in [5, 5.41) is 7.39. The molecule has 1 aromatic rings. The van der Waals surface area contributed by atoms with E-state index >= 15 is 0 Å². The first-order valence-electron chi connectivity index (χ1n) is 3.31. The van der Waals surface area contributed by atoms with Crippen LogP contribution in [-0.2, 0) is 6.42 Å². The van der Waals surface area contributed by atoms with Gasteiger partial charge in [-0.15, -0.1) is 10.2 Å². The van der Waals surface area contributed by atoms with Gasteiger partial charge in [-0.05, 0) is 12.2 Å². The van der Waals surface area contributed by atoms with Crippen molar-refractivity contribution in [3.63, 3.8) is 0 Å². The topological polar surface area (TPSA) is 82.8 Å². The van der Waals surface area contributed by atoms with Gasteiger partial charge in [0.1, 0.15) is 0 Å². The van der Waals surface area contributed by atoms with Gasteiger partial charge in [-0.3, -0.25) is 0 Å². The molecule has 1 heterocycles. The number of anilines is 1. The Morgan fingerprint density at radius 3 is 2.64 bits per heavy atom. The van der Waals surface area contributed by atoms with Gasteiger partial charge in [-0.2, -0.15) is 12.6 Å². The normalized spacial score (nSPS) is 10.3. The molecule has 0 saturated heterocycles. The lowest BCUT2D eigenvalue weighted by Crippen LogP contribution is -2.15. The molecule has 1 rings (SSSR count). The lowest BCUT2D eigenvalue weighted by atomic mass is 10.3. The fourth-order valence-corrected chi connectivity index (χ4v) is 0.903. The number of thiol groups is 1. The molecule has 0 aliphatic heterocycles. The molecule has 0 atom stereocenters. The second-order valence-corrected chi connectivity index (χ2v) is 2.62. The number of hydrogen-bond acceptors (Lipinski definition) is 5. The zero-order chi connectivity index (χ0) is 8.27. The van der Waals surface area contributed by atoms with Crippen LogP contribution in [0, 0.1) is 0 Å². The minimum absolute atomic E-state index is 0.249. The predicted molar refractivity (Wildman–Crippen MR) is 46.8 cm³/mol. The van der Waals surface area contributed by atoms with Crippen molar-refractivity contribution in [2.75, 3.05) is 17.3 Å². The van der Waals surface area contributed by atoms with Crippen LogP contribution in [0.15, 0.2) is 0 Å². The van der Waals surface area contributed by atoms with Crippen molar-refractivity contribution in [3.8, 4) is 0 Å². The monoisotopic (exact) mass is 173 g/mol. The quantitative estimate of drug-likeness (QED) is 0.422. The van der Waals surface area contributed by atoms with Crippen molar-refractivity contribution in [3.05, 3.63) is 5.82 Å². The Labute approximate surface area is 70.2 Å². The summed E-state index contributed by atoms with van der Waals surface area (Å²) in [6, 6.07) is 0. The highest BCUT2D eigenvalue weighted by atomic mass is 32.1. The molecule has 0 amide bonds. The fourth-order valence-electron chi connectivity index (χ4n) is 0.745. The molecule has 0 saturated carbocycles. The van der Waals surface area contributed by atoms with Crippen LogP contribution in [0.3, 0.4) is 0 Å². The van der Waals surface area contributed by atoms with E-state index in [0.29, 0.717) is 5.82 Å². The van der Waals surface area contributed by atoms with Gasteiger partial charge in [0.05, 0.1) is 0 Å². The molecule has 62 valence electrons. The average Bonchev–Trinajstić information content (AvgIpc) is 2.31. The van der Waals surface area contributed by atoms with Crippen LogP contribution in [0.25, 0.3) is 0 Å². The number of nitrogens with zero attached hydrogens (tertiary/aromatic N) is 3. The van der Waals surface area contributed by atoms with E-state index in [9.17, 15) is 0 Å². The maximum atomic E-state index is 5.49. The summed E-state index contributed by atoms with van der Waals surface area (Å²) in [5.41, 5.74) is 5.36. The molecule has 0 fully saturated rings. The van der Waals surface area contributed by atoms with E-state index in [1.807, 2.05) is 0 Å². The van der Waals surface area contributed by atoms with E-state index in [4.69, 9.17) is 11.6 Å². The first-order valence-corrected chi connectivity index (χ1v) is 3.94. The van der Waals surface area contributed by atoms with Crippen LogP contribution < -0.4 is 11.6 Å². The Hall–Kier alpha value is -0.910. The predicted octanol–water partition coefficient (Wildman–Crippen LogP) is -0.564. The lowest BCUT2D eigenvalue weighted by Gasteiger charge is -1.98. The van der Waals surface area contributed by atoms with E-state index in [-0.39, 0.29) is 5.95 Å². The van der Waals surface area contributed by atoms with Gasteiger partial charge in [-0.25, -0.2) is 4.68 Å². The minimum atomic E-state index is 0.249. The summed E-state index contributed by atoms with van der Waals surface area (Å²) in [5.74, 6) is 7.25. The molecule has 11 heavy (non-hydrogen) atoms. The summed E-state index contributed by atoms with van der Waals surface area (Å²) in [4.78, 5) is 0. The van der Waals surface area contributed by atoms with Crippen LogP contribution >= 0.6 is 12.6 Å². The van der Waals surface area contributed by atoms with Gasteiger partial charge in [0.2, 0.25) is 5.95 Å². The van der Waals surface area contributed by atoms with Crippen LogP contribution in [-0.4, -0.2) is 20.6 Å². The largest absolute Gasteiger partial charge is 0.366 e. The van der Waals surface area contributed by atoms with E-state index in [1.54, 1.807) is 0 Å². The highest BCUT2D eigenvalue weighted by Gasteiger charge is 2.04. The van der Waals surface area contributed by atoms with Crippen molar-refractivity contribution < 1.29 is 0 Å². The lowest BCUT2D eigenvalue weighted by molar-refractivity contribution is 0.794. The Bertz CT molecular complexity index is 233. The Morgan fingerprint density at radius 1 is 1.45 bits per heavy atom. The zero-order valence-electron chi connectivity index (χ0n) is 6.06. The number of aromatic nitrogens is 3.